The van der Waals surface area contributed by atoms with E-state index in [4.69, 9.17) is 25.8 Å². The van der Waals surface area contributed by atoms with Crippen molar-refractivity contribution < 1.29 is 31.8 Å². The number of nitrogens with zero attached hydrogens (tertiary/aromatic N) is 2. The summed E-state index contributed by atoms with van der Waals surface area (Å²) >= 11 is 6.27. The lowest BCUT2D eigenvalue weighted by Gasteiger charge is -2.23. The van der Waals surface area contributed by atoms with Crippen LogP contribution in [0, 0.1) is 12.7 Å². The monoisotopic (exact) mass is 655 g/mol. The minimum atomic E-state index is -4.29. The molecule has 1 unspecified atom stereocenters. The number of fused-ring (bicyclic) bond motifs is 2. The van der Waals surface area contributed by atoms with Crippen molar-refractivity contribution in [3.63, 3.8) is 0 Å². The second kappa shape index (κ2) is 12.3. The van der Waals surface area contributed by atoms with E-state index in [1.54, 1.807) is 25.3 Å². The van der Waals surface area contributed by atoms with E-state index in [9.17, 15) is 13.2 Å². The summed E-state index contributed by atoms with van der Waals surface area (Å²) in [5, 5.41) is 7.45. The van der Waals surface area contributed by atoms with Crippen LogP contribution >= 0.6 is 11.6 Å². The van der Waals surface area contributed by atoms with Gasteiger partial charge in [0.2, 0.25) is 5.95 Å². The number of rotatable bonds is 8. The molecule has 0 spiro atoms. The molecule has 0 saturated carbocycles. The van der Waals surface area contributed by atoms with Gasteiger partial charge in [-0.1, -0.05) is 11.6 Å². The molecule has 0 amide bonds. The van der Waals surface area contributed by atoms with Gasteiger partial charge in [0, 0.05) is 40.7 Å². The molecule has 6 rings (SSSR count). The van der Waals surface area contributed by atoms with Crippen LogP contribution in [0.4, 0.5) is 16.0 Å². The molecule has 3 heterocycles. The Kier molecular flexibility index (Phi) is 8.42. The quantitative estimate of drug-likeness (QED) is 0.212. The van der Waals surface area contributed by atoms with Crippen molar-refractivity contribution in [2.45, 2.75) is 43.7 Å². The Balaban J connectivity index is 1.35. The van der Waals surface area contributed by atoms with E-state index < -0.39 is 27.9 Å². The number of sulfonamides is 1. The lowest BCUT2D eigenvalue weighted by Crippen LogP contribution is -2.35. The SMILES string of the molecule is COc1cc(-c2c(F)ccc(NS(=O)(=O)c3cc(Cl)cc4c3OCC4OC(C)=O)c2C)cc2cnc(NC3CCNCC3)nc12. The summed E-state index contributed by atoms with van der Waals surface area (Å²) in [6, 6.07) is 8.95. The van der Waals surface area contributed by atoms with Crippen LogP contribution in [0.25, 0.3) is 22.0 Å². The molecule has 3 aromatic carbocycles. The van der Waals surface area contributed by atoms with Crippen molar-refractivity contribution in [2.75, 3.05) is 36.8 Å². The summed E-state index contributed by atoms with van der Waals surface area (Å²) in [6.07, 6.45) is 2.77. The zero-order valence-electron chi connectivity index (χ0n) is 24.7. The smallest absolute Gasteiger partial charge is 0.303 e. The molecular weight excluding hydrogens is 625 g/mol. The average Bonchev–Trinajstić information content (AvgIpc) is 3.39. The molecule has 4 aromatic rings. The van der Waals surface area contributed by atoms with E-state index >= 15 is 4.39 Å². The number of halogens is 2. The molecule has 0 aliphatic carbocycles. The molecule has 1 aromatic heterocycles. The van der Waals surface area contributed by atoms with Crippen LogP contribution in [0.3, 0.4) is 0 Å². The van der Waals surface area contributed by atoms with E-state index in [1.807, 2.05) is 0 Å². The second-order valence-corrected chi connectivity index (χ2v) is 13.0. The van der Waals surface area contributed by atoms with Crippen LogP contribution in [0.15, 0.2) is 47.5 Å². The predicted octanol–water partition coefficient (Wildman–Crippen LogP) is 5.37. The number of methoxy groups -OCH3 is 1. The lowest BCUT2D eigenvalue weighted by molar-refractivity contribution is -0.147. The number of ether oxygens (including phenoxy) is 3. The molecule has 3 N–H and O–H groups in total. The minimum Gasteiger partial charge on any atom is -0.494 e. The van der Waals surface area contributed by atoms with Gasteiger partial charge in [0.1, 0.15) is 34.3 Å². The lowest BCUT2D eigenvalue weighted by atomic mass is 9.97. The Morgan fingerprint density at radius 1 is 1.18 bits per heavy atom. The van der Waals surface area contributed by atoms with Crippen LogP contribution in [-0.2, 0) is 19.6 Å². The zero-order valence-corrected chi connectivity index (χ0v) is 26.3. The molecule has 14 heteroatoms. The van der Waals surface area contributed by atoms with Crippen molar-refractivity contribution >= 4 is 50.1 Å². The van der Waals surface area contributed by atoms with E-state index in [0.29, 0.717) is 39.3 Å². The van der Waals surface area contributed by atoms with E-state index in [2.05, 4.69) is 25.3 Å². The Bertz CT molecular complexity index is 1920. The first-order chi connectivity index (χ1) is 21.5. The Morgan fingerprint density at radius 3 is 2.69 bits per heavy atom. The highest BCUT2D eigenvalue weighted by Crippen LogP contribution is 2.43. The average molecular weight is 656 g/mol. The van der Waals surface area contributed by atoms with Crippen molar-refractivity contribution in [2.24, 2.45) is 0 Å². The Labute approximate surface area is 264 Å². The first kappa shape index (κ1) is 30.8. The number of anilines is 2. The van der Waals surface area contributed by atoms with Crippen molar-refractivity contribution in [3.8, 4) is 22.6 Å². The van der Waals surface area contributed by atoms with Gasteiger partial charge in [0.05, 0.1) is 12.8 Å². The van der Waals surface area contributed by atoms with Crippen LogP contribution < -0.4 is 24.8 Å². The number of piperidine rings is 1. The minimum absolute atomic E-state index is 0.0337. The highest BCUT2D eigenvalue weighted by molar-refractivity contribution is 7.92. The predicted molar refractivity (Wildman–Crippen MR) is 168 cm³/mol. The van der Waals surface area contributed by atoms with Gasteiger partial charge in [0.15, 0.2) is 6.10 Å². The number of benzene rings is 3. The number of aromatic nitrogens is 2. The van der Waals surface area contributed by atoms with Crippen LogP contribution in [0.5, 0.6) is 11.5 Å². The number of hydrogen-bond acceptors (Lipinski definition) is 10. The number of nitrogens with one attached hydrogen (secondary N) is 3. The van der Waals surface area contributed by atoms with Crippen LogP contribution in [0.2, 0.25) is 5.02 Å². The second-order valence-electron chi connectivity index (χ2n) is 10.9. The van der Waals surface area contributed by atoms with E-state index in [-0.39, 0.29) is 39.6 Å². The highest BCUT2D eigenvalue weighted by Gasteiger charge is 2.34. The maximum Gasteiger partial charge on any atom is 0.303 e. The third kappa shape index (κ3) is 6.20. The normalized spacial score (nSPS) is 16.6. The van der Waals surface area contributed by atoms with Gasteiger partial charge in [-0.3, -0.25) is 9.52 Å². The van der Waals surface area contributed by atoms with Crippen LogP contribution in [-0.4, -0.2) is 57.2 Å². The summed E-state index contributed by atoms with van der Waals surface area (Å²) in [5.74, 6) is -0.170. The van der Waals surface area contributed by atoms with E-state index in [0.717, 1.165) is 25.9 Å². The van der Waals surface area contributed by atoms with Gasteiger partial charge in [-0.15, -0.1) is 0 Å². The number of carbonyl (C=O) groups is 1. The third-order valence-corrected chi connectivity index (χ3v) is 9.45. The van der Waals surface area contributed by atoms with Crippen LogP contribution in [0.1, 0.15) is 37.0 Å². The maximum absolute atomic E-state index is 15.5. The van der Waals surface area contributed by atoms with Crippen molar-refractivity contribution in [1.29, 1.82) is 0 Å². The first-order valence-electron chi connectivity index (χ1n) is 14.3. The third-order valence-electron chi connectivity index (χ3n) is 7.86. The molecule has 0 bridgehead atoms. The standard InChI is InChI=1S/C31H31ClFN5O6S/c1-16-24(38-45(40,41)27-13-20(32)12-22-26(44-17(2)39)15-43-30(22)27)5-4-23(33)28(16)18-10-19-14-35-31(36-21-6-8-34-9-7-21)37-29(19)25(11-18)42-3/h4-5,10-14,21,26,34,38H,6-9,15H2,1-3H3,(H,35,36,37). The first-order valence-corrected chi connectivity index (χ1v) is 16.2. The fourth-order valence-corrected chi connectivity index (χ4v) is 7.32. The highest BCUT2D eigenvalue weighted by atomic mass is 35.5. The van der Waals surface area contributed by atoms with Gasteiger partial charge in [-0.05, 0) is 80.4 Å². The molecule has 236 valence electrons. The number of esters is 1. The van der Waals surface area contributed by atoms with Gasteiger partial charge in [-0.25, -0.2) is 22.8 Å². The molecule has 1 saturated heterocycles. The number of hydrogen-bond donors (Lipinski definition) is 3. The fraction of sp³-hybridized carbons (Fsp3) is 0.323. The Hall–Kier alpha value is -4.20. The number of carbonyl (C=O) groups excluding carboxylic acids is 1. The van der Waals surface area contributed by atoms with Crippen molar-refractivity contribution in [3.05, 3.63) is 64.6 Å². The summed E-state index contributed by atoms with van der Waals surface area (Å²) in [5.41, 5.74) is 2.01. The summed E-state index contributed by atoms with van der Waals surface area (Å²) < 4.78 is 61.9. The Morgan fingerprint density at radius 2 is 1.96 bits per heavy atom. The van der Waals surface area contributed by atoms with Gasteiger partial charge in [0.25, 0.3) is 10.0 Å². The molecule has 1 fully saturated rings. The van der Waals surface area contributed by atoms with Gasteiger partial charge >= 0.3 is 5.97 Å². The summed E-state index contributed by atoms with van der Waals surface area (Å²) in [7, 11) is -2.78. The molecule has 0 radical (unpaired) electrons. The summed E-state index contributed by atoms with van der Waals surface area (Å²) in [4.78, 5) is 20.5. The molecular formula is C31H31ClFN5O6S. The zero-order chi connectivity index (χ0) is 31.9. The maximum atomic E-state index is 15.5. The van der Waals surface area contributed by atoms with Gasteiger partial charge in [-0.2, -0.15) is 0 Å². The molecule has 11 nitrogen and oxygen atoms in total. The molecule has 2 aliphatic rings. The van der Waals surface area contributed by atoms with Gasteiger partial charge < -0.3 is 24.8 Å². The largest absolute Gasteiger partial charge is 0.494 e. The molecule has 45 heavy (non-hydrogen) atoms. The summed E-state index contributed by atoms with van der Waals surface area (Å²) in [6.45, 7) is 4.65. The topological polar surface area (TPSA) is 141 Å². The fourth-order valence-electron chi connectivity index (χ4n) is 5.70. The van der Waals surface area contributed by atoms with E-state index in [1.165, 1.54) is 38.3 Å². The molecule has 1 atom stereocenters. The molecule has 2 aliphatic heterocycles. The van der Waals surface area contributed by atoms with Crippen molar-refractivity contribution in [1.82, 2.24) is 15.3 Å².